The fourth-order valence-corrected chi connectivity index (χ4v) is 4.07. The monoisotopic (exact) mass is 354 g/mol. The van der Waals surface area contributed by atoms with Gasteiger partial charge >= 0.3 is 5.69 Å². The van der Waals surface area contributed by atoms with Gasteiger partial charge < -0.3 is 9.16 Å². The van der Waals surface area contributed by atoms with Crippen molar-refractivity contribution in [2.45, 2.75) is 84.0 Å². The van der Waals surface area contributed by atoms with Gasteiger partial charge in [-0.25, -0.2) is 4.79 Å². The number of aryl methyl sites for hydroxylation is 1. The van der Waals surface area contributed by atoms with Gasteiger partial charge in [0.15, 0.2) is 8.32 Å². The molecule has 0 saturated carbocycles. The van der Waals surface area contributed by atoms with Crippen molar-refractivity contribution >= 4 is 8.32 Å². The maximum Gasteiger partial charge on any atom is 0.330 e. The molecule has 24 heavy (non-hydrogen) atoms. The quantitative estimate of drug-likeness (QED) is 0.844. The molecule has 2 rings (SSSR count). The summed E-state index contributed by atoms with van der Waals surface area (Å²) in [5.41, 5.74) is -0.284. The number of rotatable bonds is 4. The Hall–Kier alpha value is -1.18. The van der Waals surface area contributed by atoms with E-state index < -0.39 is 20.2 Å². The lowest BCUT2D eigenvalue weighted by Crippen LogP contribution is -2.45. The highest BCUT2D eigenvalue weighted by molar-refractivity contribution is 6.74. The Balaban J connectivity index is 2.25. The summed E-state index contributed by atoms with van der Waals surface area (Å²) in [6.45, 7) is 14.8. The number of hydrogen-bond acceptors (Lipinski definition) is 4. The van der Waals surface area contributed by atoms with Crippen molar-refractivity contribution in [3.05, 3.63) is 32.6 Å². The summed E-state index contributed by atoms with van der Waals surface area (Å²) in [7, 11) is -1.92. The Kier molecular flexibility index (Phi) is 5.27. The zero-order valence-corrected chi connectivity index (χ0v) is 16.8. The number of ether oxygens (including phenoxy) is 1. The standard InChI is InChI=1S/C17H30N2O4Si/c1-8-12-13(23-24(6,7)17(3,4)5)9-14(22-12)19-10-11(2)15(20)18-16(19)21/h10,12-14H,8-9H2,1-7H3,(H,18,20,21). The van der Waals surface area contributed by atoms with Crippen LogP contribution in [0.2, 0.25) is 18.1 Å². The van der Waals surface area contributed by atoms with E-state index >= 15 is 0 Å². The highest BCUT2D eigenvalue weighted by Crippen LogP contribution is 2.41. The molecule has 2 heterocycles. The predicted octanol–water partition coefficient (Wildman–Crippen LogP) is 2.93. The number of aromatic nitrogens is 2. The zero-order valence-electron chi connectivity index (χ0n) is 15.8. The second-order valence-corrected chi connectivity index (χ2v) is 12.9. The van der Waals surface area contributed by atoms with Crippen LogP contribution in [0, 0.1) is 6.92 Å². The maximum atomic E-state index is 12.1. The fourth-order valence-electron chi connectivity index (χ4n) is 2.71. The number of aromatic amines is 1. The third kappa shape index (κ3) is 3.73. The van der Waals surface area contributed by atoms with E-state index in [9.17, 15) is 9.59 Å². The van der Waals surface area contributed by atoms with E-state index in [0.29, 0.717) is 12.0 Å². The summed E-state index contributed by atoms with van der Waals surface area (Å²) in [5.74, 6) is 0. The molecule has 6 nitrogen and oxygen atoms in total. The first-order valence-electron chi connectivity index (χ1n) is 8.61. The van der Waals surface area contributed by atoms with Crippen molar-refractivity contribution in [3.8, 4) is 0 Å². The molecule has 3 unspecified atom stereocenters. The van der Waals surface area contributed by atoms with Crippen LogP contribution in [-0.2, 0) is 9.16 Å². The summed E-state index contributed by atoms with van der Waals surface area (Å²) < 4.78 is 14.1. The lowest BCUT2D eigenvalue weighted by Gasteiger charge is -2.39. The van der Waals surface area contributed by atoms with Gasteiger partial charge in [-0.05, 0) is 31.5 Å². The van der Waals surface area contributed by atoms with Crippen LogP contribution in [0.15, 0.2) is 15.8 Å². The molecule has 3 atom stereocenters. The lowest BCUT2D eigenvalue weighted by molar-refractivity contribution is -0.0198. The van der Waals surface area contributed by atoms with Crippen LogP contribution in [0.3, 0.4) is 0 Å². The number of nitrogens with one attached hydrogen (secondary N) is 1. The fraction of sp³-hybridized carbons (Fsp3) is 0.765. The van der Waals surface area contributed by atoms with Gasteiger partial charge in [-0.3, -0.25) is 14.3 Å². The summed E-state index contributed by atoms with van der Waals surface area (Å²) >= 11 is 0. The van der Waals surface area contributed by atoms with E-state index in [2.05, 4.69) is 45.8 Å². The number of nitrogens with zero attached hydrogens (tertiary/aromatic N) is 1. The molecule has 1 aromatic rings. The molecular weight excluding hydrogens is 324 g/mol. The van der Waals surface area contributed by atoms with Gasteiger partial charge in [0.1, 0.15) is 6.23 Å². The first kappa shape index (κ1) is 19.1. The molecule has 7 heteroatoms. The highest BCUT2D eigenvalue weighted by atomic mass is 28.4. The van der Waals surface area contributed by atoms with E-state index in [4.69, 9.17) is 9.16 Å². The van der Waals surface area contributed by atoms with Gasteiger partial charge in [-0.15, -0.1) is 0 Å². The minimum absolute atomic E-state index is 0.0278. The summed E-state index contributed by atoms with van der Waals surface area (Å²) in [6, 6.07) is 0. The minimum atomic E-state index is -1.92. The van der Waals surface area contributed by atoms with Gasteiger partial charge in [-0.2, -0.15) is 0 Å². The molecule has 1 fully saturated rings. The van der Waals surface area contributed by atoms with Crippen molar-refractivity contribution in [1.82, 2.24) is 9.55 Å². The van der Waals surface area contributed by atoms with Gasteiger partial charge in [0.25, 0.3) is 5.56 Å². The van der Waals surface area contributed by atoms with E-state index in [1.165, 1.54) is 4.57 Å². The molecule has 1 N–H and O–H groups in total. The van der Waals surface area contributed by atoms with E-state index in [1.807, 2.05) is 0 Å². The Bertz CT molecular complexity index is 702. The number of hydrogen-bond donors (Lipinski definition) is 1. The lowest BCUT2D eigenvalue weighted by atomic mass is 10.1. The third-order valence-electron chi connectivity index (χ3n) is 5.29. The first-order valence-corrected chi connectivity index (χ1v) is 11.5. The molecule has 0 spiro atoms. The van der Waals surface area contributed by atoms with Crippen LogP contribution < -0.4 is 11.2 Å². The molecule has 0 bridgehead atoms. The molecule has 0 amide bonds. The minimum Gasteiger partial charge on any atom is -0.411 e. The Morgan fingerprint density at radius 2 is 2.00 bits per heavy atom. The van der Waals surface area contributed by atoms with Crippen LogP contribution in [0.1, 0.15) is 52.3 Å². The molecule has 0 aliphatic carbocycles. The van der Waals surface area contributed by atoms with Crippen molar-refractivity contribution < 1.29 is 9.16 Å². The molecule has 1 aliphatic heterocycles. The van der Waals surface area contributed by atoms with Gasteiger partial charge in [0.05, 0.1) is 12.2 Å². The second kappa shape index (κ2) is 6.61. The number of H-pyrrole nitrogens is 1. The normalized spacial score (nSPS) is 25.2. The van der Waals surface area contributed by atoms with Crippen molar-refractivity contribution in [2.24, 2.45) is 0 Å². The Morgan fingerprint density at radius 3 is 2.54 bits per heavy atom. The van der Waals surface area contributed by atoms with Crippen molar-refractivity contribution in [2.75, 3.05) is 0 Å². The Morgan fingerprint density at radius 1 is 1.38 bits per heavy atom. The molecule has 1 aromatic heterocycles. The van der Waals surface area contributed by atoms with Crippen LogP contribution in [0.4, 0.5) is 0 Å². The van der Waals surface area contributed by atoms with E-state index in [-0.39, 0.29) is 22.8 Å². The maximum absolute atomic E-state index is 12.1. The summed E-state index contributed by atoms with van der Waals surface area (Å²) in [6.07, 6.45) is 2.56. The molecule has 0 aromatic carbocycles. The average Bonchev–Trinajstić information content (AvgIpc) is 2.83. The van der Waals surface area contributed by atoms with Crippen LogP contribution >= 0.6 is 0 Å². The summed E-state index contributed by atoms with van der Waals surface area (Å²) in [5, 5.41) is 0.120. The third-order valence-corrected chi connectivity index (χ3v) is 9.80. The SMILES string of the molecule is CCC1OC(n2cc(C)c(=O)[nH]c2=O)CC1O[Si](C)(C)C(C)(C)C. The van der Waals surface area contributed by atoms with Gasteiger partial charge in [0.2, 0.25) is 0 Å². The van der Waals surface area contributed by atoms with Gasteiger partial charge in [-0.1, -0.05) is 27.7 Å². The smallest absolute Gasteiger partial charge is 0.330 e. The topological polar surface area (TPSA) is 73.3 Å². The van der Waals surface area contributed by atoms with E-state index in [1.54, 1.807) is 13.1 Å². The average molecular weight is 355 g/mol. The van der Waals surface area contributed by atoms with Crippen molar-refractivity contribution in [1.29, 1.82) is 0 Å². The van der Waals surface area contributed by atoms with Gasteiger partial charge in [0, 0.05) is 18.2 Å². The first-order chi connectivity index (χ1) is 11.0. The van der Waals surface area contributed by atoms with Crippen LogP contribution in [0.5, 0.6) is 0 Å². The predicted molar refractivity (Wildman–Crippen MR) is 96.9 cm³/mol. The molecule has 1 saturated heterocycles. The highest BCUT2D eigenvalue weighted by Gasteiger charge is 2.44. The molecular formula is C17H30N2O4Si. The summed E-state index contributed by atoms with van der Waals surface area (Å²) in [4.78, 5) is 26.0. The molecule has 0 radical (unpaired) electrons. The zero-order chi connectivity index (χ0) is 18.3. The van der Waals surface area contributed by atoms with Crippen LogP contribution in [-0.4, -0.2) is 30.1 Å². The van der Waals surface area contributed by atoms with Crippen molar-refractivity contribution in [3.63, 3.8) is 0 Å². The second-order valence-electron chi connectivity index (χ2n) is 8.17. The van der Waals surface area contributed by atoms with Crippen LogP contribution in [0.25, 0.3) is 0 Å². The van der Waals surface area contributed by atoms with E-state index in [0.717, 1.165) is 6.42 Å². The molecule has 1 aliphatic rings. The Labute approximate surface area is 144 Å². The largest absolute Gasteiger partial charge is 0.411 e. The molecule has 136 valence electrons.